The SMILES string of the molecule is Cc1nc(SC(C)c2ccc(F)cc2)c2ccccc2n1. The van der Waals surface area contributed by atoms with Crippen LogP contribution in [0.4, 0.5) is 4.39 Å². The summed E-state index contributed by atoms with van der Waals surface area (Å²) in [5.74, 6) is 0.557. The van der Waals surface area contributed by atoms with E-state index in [1.807, 2.05) is 43.3 Å². The Kier molecular flexibility index (Phi) is 3.88. The zero-order chi connectivity index (χ0) is 14.8. The summed E-state index contributed by atoms with van der Waals surface area (Å²) in [6.07, 6.45) is 0. The minimum absolute atomic E-state index is 0.198. The predicted molar refractivity (Wildman–Crippen MR) is 84.9 cm³/mol. The van der Waals surface area contributed by atoms with Gasteiger partial charge in [0.2, 0.25) is 0 Å². The van der Waals surface area contributed by atoms with Crippen molar-refractivity contribution < 1.29 is 4.39 Å². The number of halogens is 1. The number of aryl methyl sites for hydroxylation is 1. The topological polar surface area (TPSA) is 25.8 Å². The number of benzene rings is 2. The van der Waals surface area contributed by atoms with Crippen molar-refractivity contribution in [1.82, 2.24) is 9.97 Å². The Hall–Kier alpha value is -1.94. The molecule has 0 bridgehead atoms. The van der Waals surface area contributed by atoms with E-state index in [4.69, 9.17) is 0 Å². The number of hydrogen-bond acceptors (Lipinski definition) is 3. The lowest BCUT2D eigenvalue weighted by molar-refractivity contribution is 0.627. The molecule has 1 atom stereocenters. The van der Waals surface area contributed by atoms with Crippen molar-refractivity contribution in [2.75, 3.05) is 0 Å². The van der Waals surface area contributed by atoms with Crippen molar-refractivity contribution in [3.05, 3.63) is 65.7 Å². The molecule has 0 saturated carbocycles. The van der Waals surface area contributed by atoms with Gasteiger partial charge in [-0.15, -0.1) is 0 Å². The third kappa shape index (κ3) is 3.05. The average Bonchev–Trinajstić information content (AvgIpc) is 2.47. The molecular formula is C17H15FN2S. The quantitative estimate of drug-likeness (QED) is 0.506. The fraction of sp³-hybridized carbons (Fsp3) is 0.176. The van der Waals surface area contributed by atoms with E-state index in [1.54, 1.807) is 11.8 Å². The monoisotopic (exact) mass is 298 g/mol. The molecule has 0 N–H and O–H groups in total. The van der Waals surface area contributed by atoms with Gasteiger partial charge in [-0.25, -0.2) is 14.4 Å². The molecule has 21 heavy (non-hydrogen) atoms. The summed E-state index contributed by atoms with van der Waals surface area (Å²) in [5, 5.41) is 2.22. The van der Waals surface area contributed by atoms with Crippen LogP contribution in [0.1, 0.15) is 23.6 Å². The second-order valence-corrected chi connectivity index (χ2v) is 6.23. The lowest BCUT2D eigenvalue weighted by Gasteiger charge is -2.13. The first-order valence-electron chi connectivity index (χ1n) is 6.79. The molecule has 1 unspecified atom stereocenters. The molecule has 0 fully saturated rings. The van der Waals surface area contributed by atoms with Gasteiger partial charge in [0, 0.05) is 10.6 Å². The van der Waals surface area contributed by atoms with Gasteiger partial charge in [-0.3, -0.25) is 0 Å². The number of aromatic nitrogens is 2. The Bertz CT molecular complexity index is 771. The van der Waals surface area contributed by atoms with Gasteiger partial charge in [0.25, 0.3) is 0 Å². The summed E-state index contributed by atoms with van der Waals surface area (Å²) >= 11 is 1.67. The first-order valence-corrected chi connectivity index (χ1v) is 7.67. The summed E-state index contributed by atoms with van der Waals surface area (Å²) in [7, 11) is 0. The van der Waals surface area contributed by atoms with Crippen LogP contribution in [0.25, 0.3) is 10.9 Å². The van der Waals surface area contributed by atoms with Crippen molar-refractivity contribution in [3.8, 4) is 0 Å². The highest BCUT2D eigenvalue weighted by Crippen LogP contribution is 2.36. The fourth-order valence-corrected chi connectivity index (χ4v) is 3.33. The highest BCUT2D eigenvalue weighted by molar-refractivity contribution is 7.99. The molecule has 4 heteroatoms. The molecule has 3 rings (SSSR count). The van der Waals surface area contributed by atoms with E-state index in [1.165, 1.54) is 12.1 Å². The summed E-state index contributed by atoms with van der Waals surface area (Å²) in [5.41, 5.74) is 2.04. The number of thioether (sulfide) groups is 1. The molecule has 0 spiro atoms. The number of nitrogens with zero attached hydrogens (tertiary/aromatic N) is 2. The average molecular weight is 298 g/mol. The maximum Gasteiger partial charge on any atom is 0.127 e. The summed E-state index contributed by atoms with van der Waals surface area (Å²) in [6.45, 7) is 4.00. The minimum Gasteiger partial charge on any atom is -0.233 e. The minimum atomic E-state index is -0.209. The molecule has 0 radical (unpaired) electrons. The summed E-state index contributed by atoms with van der Waals surface area (Å²) in [6, 6.07) is 14.6. The fourth-order valence-electron chi connectivity index (χ4n) is 2.22. The van der Waals surface area contributed by atoms with E-state index in [-0.39, 0.29) is 11.1 Å². The molecule has 1 aromatic heterocycles. The number of rotatable bonds is 3. The Morgan fingerprint density at radius 2 is 1.71 bits per heavy atom. The van der Waals surface area contributed by atoms with Crippen LogP contribution in [-0.4, -0.2) is 9.97 Å². The molecule has 0 aliphatic carbocycles. The molecule has 0 amide bonds. The van der Waals surface area contributed by atoms with Gasteiger partial charge in [-0.2, -0.15) is 0 Å². The van der Waals surface area contributed by atoms with E-state index < -0.39 is 0 Å². The van der Waals surface area contributed by atoms with E-state index in [2.05, 4.69) is 16.9 Å². The molecule has 106 valence electrons. The normalized spacial score (nSPS) is 12.5. The lowest BCUT2D eigenvalue weighted by atomic mass is 10.2. The van der Waals surface area contributed by atoms with Gasteiger partial charge >= 0.3 is 0 Å². The van der Waals surface area contributed by atoms with Gasteiger partial charge in [0.15, 0.2) is 0 Å². The molecule has 0 saturated heterocycles. The molecule has 3 aromatic rings. The van der Waals surface area contributed by atoms with Crippen molar-refractivity contribution in [2.24, 2.45) is 0 Å². The van der Waals surface area contributed by atoms with E-state index in [9.17, 15) is 4.39 Å². The number of para-hydroxylation sites is 1. The first-order chi connectivity index (χ1) is 10.1. The van der Waals surface area contributed by atoms with Crippen LogP contribution >= 0.6 is 11.8 Å². The maximum absolute atomic E-state index is 13.0. The second-order valence-electron chi connectivity index (χ2n) is 4.90. The van der Waals surface area contributed by atoms with Crippen LogP contribution in [0, 0.1) is 12.7 Å². The van der Waals surface area contributed by atoms with Gasteiger partial charge in [0.05, 0.1) is 5.52 Å². The van der Waals surface area contributed by atoms with Crippen molar-refractivity contribution in [3.63, 3.8) is 0 Å². The largest absolute Gasteiger partial charge is 0.233 e. The third-order valence-corrected chi connectivity index (χ3v) is 4.47. The summed E-state index contributed by atoms with van der Waals surface area (Å²) < 4.78 is 13.0. The molecular weight excluding hydrogens is 283 g/mol. The number of fused-ring (bicyclic) bond motifs is 1. The van der Waals surface area contributed by atoms with Crippen molar-refractivity contribution in [1.29, 1.82) is 0 Å². The summed E-state index contributed by atoms with van der Waals surface area (Å²) in [4.78, 5) is 9.02. The standard InChI is InChI=1S/C17H15FN2S/c1-11(13-7-9-14(18)10-8-13)21-17-15-5-3-4-6-16(15)19-12(2)20-17/h3-11H,1-2H3. The van der Waals surface area contributed by atoms with Gasteiger partial charge in [-0.1, -0.05) is 42.1 Å². The van der Waals surface area contributed by atoms with Crippen LogP contribution in [0.3, 0.4) is 0 Å². The van der Waals surface area contributed by atoms with Crippen LogP contribution in [0.15, 0.2) is 53.6 Å². The van der Waals surface area contributed by atoms with Crippen molar-refractivity contribution >= 4 is 22.7 Å². The zero-order valence-electron chi connectivity index (χ0n) is 11.9. The lowest BCUT2D eigenvalue weighted by Crippen LogP contribution is -1.95. The van der Waals surface area contributed by atoms with E-state index in [0.717, 1.165) is 27.3 Å². The van der Waals surface area contributed by atoms with Gasteiger partial charge in [0.1, 0.15) is 16.7 Å². The highest BCUT2D eigenvalue weighted by Gasteiger charge is 2.12. The smallest absolute Gasteiger partial charge is 0.127 e. The highest BCUT2D eigenvalue weighted by atomic mass is 32.2. The van der Waals surface area contributed by atoms with Crippen LogP contribution in [0.2, 0.25) is 0 Å². The Morgan fingerprint density at radius 3 is 2.48 bits per heavy atom. The third-order valence-electron chi connectivity index (χ3n) is 3.31. The Labute approximate surface area is 127 Å². The zero-order valence-corrected chi connectivity index (χ0v) is 12.7. The van der Waals surface area contributed by atoms with E-state index in [0.29, 0.717) is 0 Å². The van der Waals surface area contributed by atoms with Gasteiger partial charge in [-0.05, 0) is 37.6 Å². The van der Waals surface area contributed by atoms with Crippen LogP contribution < -0.4 is 0 Å². The second kappa shape index (κ2) is 5.82. The molecule has 1 heterocycles. The Balaban J connectivity index is 1.95. The van der Waals surface area contributed by atoms with E-state index >= 15 is 0 Å². The number of hydrogen-bond donors (Lipinski definition) is 0. The Morgan fingerprint density at radius 1 is 1.00 bits per heavy atom. The van der Waals surface area contributed by atoms with Crippen LogP contribution in [-0.2, 0) is 0 Å². The van der Waals surface area contributed by atoms with Gasteiger partial charge < -0.3 is 0 Å². The molecule has 2 aromatic carbocycles. The van der Waals surface area contributed by atoms with Crippen LogP contribution in [0.5, 0.6) is 0 Å². The molecule has 0 aliphatic heterocycles. The maximum atomic E-state index is 13.0. The van der Waals surface area contributed by atoms with Crippen molar-refractivity contribution in [2.45, 2.75) is 24.1 Å². The molecule has 2 nitrogen and oxygen atoms in total. The first kappa shape index (κ1) is 14.0. The predicted octanol–water partition coefficient (Wildman–Crippen LogP) is 4.93. The molecule has 0 aliphatic rings.